The second-order valence-electron chi connectivity index (χ2n) is 5.99. The molecule has 0 fully saturated rings. The Balaban J connectivity index is 1.77. The zero-order valence-electron chi connectivity index (χ0n) is 13.9. The van der Waals surface area contributed by atoms with Crippen LogP contribution in [0.5, 0.6) is 0 Å². The fourth-order valence-electron chi connectivity index (χ4n) is 2.42. The van der Waals surface area contributed by atoms with Gasteiger partial charge in [-0.1, -0.05) is 37.3 Å². The molecule has 2 rings (SSSR count). The smallest absolute Gasteiger partial charge is 0.251 e. The number of carbonyl (C=O) groups excluding carboxylic acids is 2. The van der Waals surface area contributed by atoms with Gasteiger partial charge in [0.1, 0.15) is 0 Å². The Hall–Kier alpha value is -2.40. The predicted molar refractivity (Wildman–Crippen MR) is 94.8 cm³/mol. The van der Waals surface area contributed by atoms with Gasteiger partial charge in [-0.2, -0.15) is 0 Å². The maximum Gasteiger partial charge on any atom is 0.251 e. The van der Waals surface area contributed by atoms with Crippen molar-refractivity contribution in [1.29, 1.82) is 0 Å². The van der Waals surface area contributed by atoms with E-state index in [4.69, 9.17) is 5.11 Å². The number of amides is 2. The minimum atomic E-state index is -0.179. The van der Waals surface area contributed by atoms with E-state index < -0.39 is 0 Å². The summed E-state index contributed by atoms with van der Waals surface area (Å²) < 4.78 is 0. The van der Waals surface area contributed by atoms with Gasteiger partial charge in [0, 0.05) is 31.7 Å². The monoisotopic (exact) mass is 328 g/mol. The first kappa shape index (κ1) is 17.9. The average Bonchev–Trinajstić information content (AvgIpc) is 2.59. The molecule has 5 heteroatoms. The van der Waals surface area contributed by atoms with Crippen LogP contribution in [-0.2, 0) is 4.79 Å². The molecule has 2 amide bonds. The van der Waals surface area contributed by atoms with Gasteiger partial charge < -0.3 is 15.7 Å². The lowest BCUT2D eigenvalue weighted by molar-refractivity contribution is -0.121. The fourth-order valence-corrected chi connectivity index (χ4v) is 2.42. The highest BCUT2D eigenvalue weighted by molar-refractivity contribution is 5.98. The number of benzene rings is 2. The highest BCUT2D eigenvalue weighted by atomic mass is 16.3. The van der Waals surface area contributed by atoms with Crippen molar-refractivity contribution in [3.8, 4) is 0 Å². The molecule has 3 N–H and O–H groups in total. The number of hydrogen-bond donors (Lipinski definition) is 3. The number of rotatable bonds is 8. The third-order valence-electron chi connectivity index (χ3n) is 3.92. The lowest BCUT2D eigenvalue weighted by Crippen LogP contribution is -2.33. The Morgan fingerprint density at radius 2 is 1.83 bits per heavy atom. The van der Waals surface area contributed by atoms with Crippen LogP contribution in [0.15, 0.2) is 42.5 Å². The normalized spacial score (nSPS) is 11.9. The van der Waals surface area contributed by atoms with Crippen molar-refractivity contribution >= 4 is 22.6 Å². The van der Waals surface area contributed by atoms with Gasteiger partial charge in [-0.05, 0) is 35.2 Å². The lowest BCUT2D eigenvalue weighted by Gasteiger charge is -2.11. The Labute approximate surface area is 142 Å². The van der Waals surface area contributed by atoms with Crippen LogP contribution in [0.2, 0.25) is 0 Å². The van der Waals surface area contributed by atoms with Gasteiger partial charge in [0.15, 0.2) is 0 Å². The molecule has 0 heterocycles. The number of fused-ring (bicyclic) bond motifs is 1. The van der Waals surface area contributed by atoms with Gasteiger partial charge in [0.05, 0.1) is 0 Å². The van der Waals surface area contributed by atoms with Crippen molar-refractivity contribution < 1.29 is 14.7 Å². The van der Waals surface area contributed by atoms with Crippen LogP contribution in [0.1, 0.15) is 30.1 Å². The predicted octanol–water partition coefficient (Wildman–Crippen LogP) is 2.09. The number of aliphatic hydroxyl groups excluding tert-OH is 1. The average molecular weight is 328 g/mol. The van der Waals surface area contributed by atoms with Gasteiger partial charge >= 0.3 is 0 Å². The maximum atomic E-state index is 12.2. The topological polar surface area (TPSA) is 78.4 Å². The summed E-state index contributed by atoms with van der Waals surface area (Å²) in [5.74, 6) is -0.0352. The van der Waals surface area contributed by atoms with Crippen molar-refractivity contribution in [3.05, 3.63) is 48.0 Å². The summed E-state index contributed by atoms with van der Waals surface area (Å²) in [5, 5.41) is 16.5. The Morgan fingerprint density at radius 1 is 1.08 bits per heavy atom. The quantitative estimate of drug-likeness (QED) is 0.694. The number of hydrogen-bond acceptors (Lipinski definition) is 3. The molecule has 0 saturated carbocycles. The molecule has 1 atom stereocenters. The maximum absolute atomic E-state index is 12.2. The summed E-state index contributed by atoms with van der Waals surface area (Å²) in [5.41, 5.74) is 0.589. The first-order valence-electron chi connectivity index (χ1n) is 8.24. The zero-order chi connectivity index (χ0) is 17.4. The lowest BCUT2D eigenvalue weighted by atomic mass is 10.1. The standard InChI is InChI=1S/C19H24N2O3/c1-14(9-11-22)13-21-18(23)8-10-20-19(24)17-7-6-15-4-2-3-5-16(15)12-17/h2-7,12,14,22H,8-11,13H2,1H3,(H,20,24)(H,21,23). The van der Waals surface area contributed by atoms with Crippen LogP contribution >= 0.6 is 0 Å². The first-order chi connectivity index (χ1) is 11.6. The van der Waals surface area contributed by atoms with E-state index in [1.807, 2.05) is 43.3 Å². The van der Waals surface area contributed by atoms with E-state index in [2.05, 4.69) is 10.6 Å². The molecular weight excluding hydrogens is 304 g/mol. The van der Waals surface area contributed by atoms with Crippen molar-refractivity contribution in [1.82, 2.24) is 10.6 Å². The molecule has 2 aromatic carbocycles. The van der Waals surface area contributed by atoms with Gasteiger partial charge in [0.25, 0.3) is 5.91 Å². The summed E-state index contributed by atoms with van der Waals surface area (Å²) >= 11 is 0. The van der Waals surface area contributed by atoms with Crippen molar-refractivity contribution in [3.63, 3.8) is 0 Å². The molecule has 0 spiro atoms. The van der Waals surface area contributed by atoms with Gasteiger partial charge in [-0.25, -0.2) is 0 Å². The molecule has 128 valence electrons. The van der Waals surface area contributed by atoms with E-state index in [0.717, 1.165) is 10.8 Å². The molecule has 1 unspecified atom stereocenters. The van der Waals surface area contributed by atoms with E-state index in [0.29, 0.717) is 25.1 Å². The summed E-state index contributed by atoms with van der Waals surface area (Å²) in [7, 11) is 0. The molecule has 2 aromatic rings. The number of aliphatic hydroxyl groups is 1. The Morgan fingerprint density at radius 3 is 2.58 bits per heavy atom. The molecule has 0 aliphatic heterocycles. The van der Waals surface area contributed by atoms with E-state index in [9.17, 15) is 9.59 Å². The van der Waals surface area contributed by atoms with Gasteiger partial charge in [0.2, 0.25) is 5.91 Å². The van der Waals surface area contributed by atoms with Gasteiger partial charge in [-0.3, -0.25) is 9.59 Å². The molecule has 24 heavy (non-hydrogen) atoms. The Kier molecular flexibility index (Phi) is 6.75. The van der Waals surface area contributed by atoms with Crippen LogP contribution in [-0.4, -0.2) is 36.6 Å². The van der Waals surface area contributed by atoms with E-state index in [1.165, 1.54) is 0 Å². The van der Waals surface area contributed by atoms with Crippen molar-refractivity contribution in [2.24, 2.45) is 5.92 Å². The fraction of sp³-hybridized carbons (Fsp3) is 0.368. The van der Waals surface area contributed by atoms with E-state index >= 15 is 0 Å². The molecule has 5 nitrogen and oxygen atoms in total. The molecule has 0 aliphatic rings. The van der Waals surface area contributed by atoms with Crippen LogP contribution in [0.3, 0.4) is 0 Å². The largest absolute Gasteiger partial charge is 0.396 e. The molecular formula is C19H24N2O3. The number of carbonyl (C=O) groups is 2. The zero-order valence-corrected chi connectivity index (χ0v) is 13.9. The van der Waals surface area contributed by atoms with Gasteiger partial charge in [-0.15, -0.1) is 0 Å². The summed E-state index contributed by atoms with van der Waals surface area (Å²) in [6, 6.07) is 13.4. The van der Waals surface area contributed by atoms with Crippen LogP contribution in [0, 0.1) is 5.92 Å². The molecule has 0 aromatic heterocycles. The summed E-state index contributed by atoms with van der Waals surface area (Å²) in [4.78, 5) is 23.9. The highest BCUT2D eigenvalue weighted by Crippen LogP contribution is 2.15. The number of nitrogens with one attached hydrogen (secondary N) is 2. The first-order valence-corrected chi connectivity index (χ1v) is 8.24. The SMILES string of the molecule is CC(CCO)CNC(=O)CCNC(=O)c1ccc2ccccc2c1. The minimum Gasteiger partial charge on any atom is -0.396 e. The summed E-state index contributed by atoms with van der Waals surface area (Å²) in [6.07, 6.45) is 0.907. The molecule has 0 saturated heterocycles. The molecule has 0 aliphatic carbocycles. The van der Waals surface area contributed by atoms with Crippen molar-refractivity contribution in [2.45, 2.75) is 19.8 Å². The molecule has 0 radical (unpaired) electrons. The second kappa shape index (κ2) is 9.03. The minimum absolute atomic E-state index is 0.0985. The third-order valence-corrected chi connectivity index (χ3v) is 3.92. The molecule has 0 bridgehead atoms. The van der Waals surface area contributed by atoms with E-state index in [1.54, 1.807) is 6.07 Å². The van der Waals surface area contributed by atoms with Crippen LogP contribution in [0.25, 0.3) is 10.8 Å². The van der Waals surface area contributed by atoms with E-state index in [-0.39, 0.29) is 30.8 Å². The third kappa shape index (κ3) is 5.35. The van der Waals surface area contributed by atoms with Crippen LogP contribution < -0.4 is 10.6 Å². The van der Waals surface area contributed by atoms with Crippen LogP contribution in [0.4, 0.5) is 0 Å². The second-order valence-corrected chi connectivity index (χ2v) is 5.99. The van der Waals surface area contributed by atoms with Crippen molar-refractivity contribution in [2.75, 3.05) is 19.7 Å². The highest BCUT2D eigenvalue weighted by Gasteiger charge is 2.08. The summed E-state index contributed by atoms with van der Waals surface area (Å²) in [6.45, 7) is 2.93. The Bertz CT molecular complexity index is 700.